The van der Waals surface area contributed by atoms with Crippen molar-refractivity contribution in [1.29, 1.82) is 0 Å². The van der Waals surface area contributed by atoms with Gasteiger partial charge in [0.2, 0.25) is 0 Å². The molecule has 0 amide bonds. The molecule has 3 fully saturated rings. The van der Waals surface area contributed by atoms with Gasteiger partial charge in [-0.1, -0.05) is 33.6 Å². The van der Waals surface area contributed by atoms with E-state index >= 15 is 0 Å². The molecule has 0 aromatic heterocycles. The van der Waals surface area contributed by atoms with Crippen molar-refractivity contribution < 1.29 is 14.3 Å². The number of fused-ring (bicyclic) bond motifs is 3. The van der Waals surface area contributed by atoms with Crippen molar-refractivity contribution in [3.8, 4) is 0 Å². The summed E-state index contributed by atoms with van der Waals surface area (Å²) in [7, 11) is 0. The minimum Gasteiger partial charge on any atom is -0.376 e. The summed E-state index contributed by atoms with van der Waals surface area (Å²) in [6.45, 7) is 21.0. The Morgan fingerprint density at radius 3 is 2.24 bits per heavy atom. The number of rotatable bonds is 8. The fraction of sp³-hybridized carbons (Fsp3) is 0.967. The zero-order chi connectivity index (χ0) is 24.7. The van der Waals surface area contributed by atoms with Crippen LogP contribution >= 0.6 is 0 Å². The molecule has 7 atom stereocenters. The van der Waals surface area contributed by atoms with Gasteiger partial charge < -0.3 is 9.47 Å². The van der Waals surface area contributed by atoms with Crippen molar-refractivity contribution in [3.63, 3.8) is 0 Å². The van der Waals surface area contributed by atoms with Crippen molar-refractivity contribution in [1.82, 2.24) is 0 Å². The Balaban J connectivity index is 1.82. The van der Waals surface area contributed by atoms with Crippen molar-refractivity contribution in [2.75, 3.05) is 6.61 Å². The van der Waals surface area contributed by atoms with Crippen LogP contribution in [0.1, 0.15) is 127 Å². The molecule has 0 bridgehead atoms. The van der Waals surface area contributed by atoms with Crippen LogP contribution in [0.15, 0.2) is 0 Å². The highest BCUT2D eigenvalue weighted by Crippen LogP contribution is 2.65. The van der Waals surface area contributed by atoms with Crippen LogP contribution in [0.25, 0.3) is 0 Å². The summed E-state index contributed by atoms with van der Waals surface area (Å²) >= 11 is 0. The average molecular weight is 463 g/mol. The first-order chi connectivity index (χ1) is 15.2. The van der Waals surface area contributed by atoms with Crippen LogP contribution in [0.4, 0.5) is 0 Å². The van der Waals surface area contributed by atoms with Gasteiger partial charge in [0, 0.05) is 18.9 Å². The summed E-state index contributed by atoms with van der Waals surface area (Å²) in [5.41, 5.74) is 0.141. The van der Waals surface area contributed by atoms with E-state index in [1.807, 2.05) is 0 Å². The van der Waals surface area contributed by atoms with Gasteiger partial charge in [-0.25, -0.2) is 0 Å². The predicted octanol–water partition coefficient (Wildman–Crippen LogP) is 7.99. The number of carbonyl (C=O) groups excluding carboxylic acids is 1. The molecule has 0 unspecified atom stereocenters. The molecule has 192 valence electrons. The van der Waals surface area contributed by atoms with Crippen LogP contribution in [-0.4, -0.2) is 29.7 Å². The third-order valence-electron chi connectivity index (χ3n) is 9.56. The van der Waals surface area contributed by atoms with E-state index in [0.29, 0.717) is 29.6 Å². The molecule has 0 heterocycles. The highest BCUT2D eigenvalue weighted by molar-refractivity contribution is 5.83. The van der Waals surface area contributed by atoms with E-state index in [9.17, 15) is 4.79 Å². The van der Waals surface area contributed by atoms with E-state index in [4.69, 9.17) is 9.47 Å². The molecule has 3 heteroatoms. The molecule has 0 saturated heterocycles. The normalized spacial score (nSPS) is 39.4. The first kappa shape index (κ1) is 27.2. The van der Waals surface area contributed by atoms with E-state index in [1.165, 1.54) is 32.1 Å². The monoisotopic (exact) mass is 462 g/mol. The molecule has 33 heavy (non-hydrogen) atoms. The number of hydrogen-bond donors (Lipinski definition) is 0. The Bertz CT molecular complexity index is 671. The summed E-state index contributed by atoms with van der Waals surface area (Å²) in [4.78, 5) is 13.7. The second-order valence-electron chi connectivity index (χ2n) is 14.2. The fourth-order valence-corrected chi connectivity index (χ4v) is 8.05. The Morgan fingerprint density at radius 2 is 1.64 bits per heavy atom. The Morgan fingerprint density at radius 1 is 0.939 bits per heavy atom. The number of Topliss-reactive ketones (excluding diaryl/α,β-unsaturated/α-hetero) is 1. The maximum absolute atomic E-state index is 13.7. The van der Waals surface area contributed by atoms with Gasteiger partial charge in [0.25, 0.3) is 0 Å². The van der Waals surface area contributed by atoms with E-state index in [-0.39, 0.29) is 27.9 Å². The summed E-state index contributed by atoms with van der Waals surface area (Å²) in [6, 6.07) is 0. The maximum atomic E-state index is 13.7. The lowest BCUT2D eigenvalue weighted by Gasteiger charge is -2.58. The molecule has 0 spiro atoms. The maximum Gasteiger partial charge on any atom is 0.136 e. The number of hydrogen-bond acceptors (Lipinski definition) is 3. The van der Waals surface area contributed by atoms with Crippen LogP contribution in [0.2, 0.25) is 0 Å². The van der Waals surface area contributed by atoms with E-state index in [0.717, 1.165) is 38.7 Å². The van der Waals surface area contributed by atoms with Crippen molar-refractivity contribution in [2.24, 2.45) is 34.5 Å². The molecule has 0 aromatic rings. The molecule has 0 aromatic carbocycles. The first-order valence-electron chi connectivity index (χ1n) is 14.1. The summed E-state index contributed by atoms with van der Waals surface area (Å²) in [6.07, 6.45) is 11.7. The summed E-state index contributed by atoms with van der Waals surface area (Å²) < 4.78 is 12.7. The SMILES string of the molecule is CCCC[C@H]1C(=O)C[C@@H]2[C@H](CC[C@]3(C)[C@@H](OC(C)(C)C)CC[C@@H]23)[C@@]1(C)CCCOC(C)(C)C. The van der Waals surface area contributed by atoms with Gasteiger partial charge in [0.1, 0.15) is 5.78 Å². The van der Waals surface area contributed by atoms with E-state index in [1.54, 1.807) is 0 Å². The zero-order valence-corrected chi connectivity index (χ0v) is 23.4. The molecule has 0 radical (unpaired) electrons. The molecule has 3 rings (SSSR count). The lowest BCUT2D eigenvalue weighted by molar-refractivity contribution is -0.164. The number of ketones is 1. The number of ether oxygens (including phenoxy) is 2. The fourth-order valence-electron chi connectivity index (χ4n) is 8.05. The predicted molar refractivity (Wildman–Crippen MR) is 137 cm³/mol. The van der Waals surface area contributed by atoms with Gasteiger partial charge >= 0.3 is 0 Å². The number of carbonyl (C=O) groups is 1. The van der Waals surface area contributed by atoms with Crippen molar-refractivity contribution in [2.45, 2.75) is 144 Å². The molecule has 3 aliphatic rings. The highest BCUT2D eigenvalue weighted by Gasteiger charge is 2.61. The smallest absolute Gasteiger partial charge is 0.136 e. The van der Waals surface area contributed by atoms with Gasteiger partial charge in [0.05, 0.1) is 17.3 Å². The quantitative estimate of drug-likeness (QED) is 0.343. The molecular weight excluding hydrogens is 408 g/mol. The van der Waals surface area contributed by atoms with Crippen LogP contribution < -0.4 is 0 Å². The van der Waals surface area contributed by atoms with Crippen LogP contribution in [0.3, 0.4) is 0 Å². The van der Waals surface area contributed by atoms with Gasteiger partial charge in [-0.2, -0.15) is 0 Å². The topological polar surface area (TPSA) is 35.5 Å². The van der Waals surface area contributed by atoms with Gasteiger partial charge in [-0.15, -0.1) is 0 Å². The minimum atomic E-state index is -0.103. The molecule has 0 aliphatic heterocycles. The molecular formula is C30H54O3. The van der Waals surface area contributed by atoms with Crippen molar-refractivity contribution >= 4 is 5.78 Å². The lowest BCUT2D eigenvalue weighted by Crippen LogP contribution is -2.56. The number of unbranched alkanes of at least 4 members (excludes halogenated alkanes) is 1. The second-order valence-corrected chi connectivity index (χ2v) is 14.2. The summed E-state index contributed by atoms with van der Waals surface area (Å²) in [5.74, 6) is 2.63. The van der Waals surface area contributed by atoms with E-state index in [2.05, 4.69) is 62.3 Å². The van der Waals surface area contributed by atoms with Crippen molar-refractivity contribution in [3.05, 3.63) is 0 Å². The van der Waals surface area contributed by atoms with E-state index < -0.39 is 0 Å². The Kier molecular flexibility index (Phi) is 8.17. The molecule has 3 aliphatic carbocycles. The minimum absolute atomic E-state index is 0.0913. The van der Waals surface area contributed by atoms with Crippen LogP contribution in [0.5, 0.6) is 0 Å². The van der Waals surface area contributed by atoms with Crippen LogP contribution in [-0.2, 0) is 14.3 Å². The van der Waals surface area contributed by atoms with Gasteiger partial charge in [-0.3, -0.25) is 4.79 Å². The third kappa shape index (κ3) is 5.88. The average Bonchev–Trinajstić information content (AvgIpc) is 2.99. The second kappa shape index (κ2) is 9.92. The molecule has 3 saturated carbocycles. The first-order valence-corrected chi connectivity index (χ1v) is 14.1. The lowest BCUT2D eigenvalue weighted by atomic mass is 9.46. The summed E-state index contributed by atoms with van der Waals surface area (Å²) in [5, 5.41) is 0. The zero-order valence-electron chi connectivity index (χ0n) is 23.4. The van der Waals surface area contributed by atoms with Crippen LogP contribution in [0, 0.1) is 34.5 Å². The largest absolute Gasteiger partial charge is 0.376 e. The van der Waals surface area contributed by atoms with Gasteiger partial charge in [0.15, 0.2) is 0 Å². The Hall–Kier alpha value is -0.410. The third-order valence-corrected chi connectivity index (χ3v) is 9.56. The molecule has 3 nitrogen and oxygen atoms in total. The highest BCUT2D eigenvalue weighted by atomic mass is 16.5. The standard InChI is InChI=1S/C30H54O3/c1-10-11-13-24-25(31)20-21-22-14-15-26(33-28(5,6)7)30(22,9)18-16-23(21)29(24,8)17-12-19-32-27(2,3)4/h21-24,26H,10-20H2,1-9H3/t21-,22-,23-,24-,26-,29+,30-/m0/s1. The molecule has 0 N–H and O–H groups in total. The Labute approximate surface area is 205 Å². The van der Waals surface area contributed by atoms with Gasteiger partial charge in [-0.05, 0) is 115 Å².